The molecule has 100 valence electrons. The number of para-hydroxylation sites is 1. The monoisotopic (exact) mass is 327 g/mol. The van der Waals surface area contributed by atoms with Gasteiger partial charge in [-0.15, -0.1) is 0 Å². The number of benzene rings is 2. The van der Waals surface area contributed by atoms with Crippen molar-refractivity contribution < 1.29 is 0 Å². The zero-order valence-electron chi connectivity index (χ0n) is 10.8. The van der Waals surface area contributed by atoms with Crippen LogP contribution in [0.1, 0.15) is 5.56 Å². The van der Waals surface area contributed by atoms with Crippen LogP contribution >= 0.6 is 15.9 Å². The van der Waals surface area contributed by atoms with E-state index < -0.39 is 0 Å². The molecule has 3 aromatic rings. The predicted molar refractivity (Wildman–Crippen MR) is 85.3 cm³/mol. The van der Waals surface area contributed by atoms with E-state index in [1.54, 1.807) is 0 Å². The van der Waals surface area contributed by atoms with Crippen molar-refractivity contribution in [1.29, 1.82) is 0 Å². The van der Waals surface area contributed by atoms with E-state index in [2.05, 4.69) is 31.5 Å². The molecule has 3 nitrogen and oxygen atoms in total. The fraction of sp³-hybridized carbons (Fsp3) is 0.0625. The van der Waals surface area contributed by atoms with Crippen molar-refractivity contribution in [2.75, 3.05) is 5.73 Å². The minimum absolute atomic E-state index is 0.712. The Morgan fingerprint density at radius 1 is 1.05 bits per heavy atom. The van der Waals surface area contributed by atoms with E-state index in [-0.39, 0.29) is 0 Å². The number of rotatable bonds is 3. The van der Waals surface area contributed by atoms with E-state index in [0.29, 0.717) is 6.54 Å². The first-order valence-corrected chi connectivity index (χ1v) is 7.14. The average molecular weight is 328 g/mol. The highest BCUT2D eigenvalue weighted by molar-refractivity contribution is 9.10. The van der Waals surface area contributed by atoms with Crippen LogP contribution < -0.4 is 5.73 Å². The predicted octanol–water partition coefficient (Wildman–Crippen LogP) is 3.94. The maximum absolute atomic E-state index is 6.01. The first kappa shape index (κ1) is 12.9. The molecular weight excluding hydrogens is 314 g/mol. The van der Waals surface area contributed by atoms with E-state index in [1.165, 1.54) is 0 Å². The quantitative estimate of drug-likeness (QED) is 0.740. The Hall–Kier alpha value is -2.07. The van der Waals surface area contributed by atoms with Gasteiger partial charge in [0.25, 0.3) is 0 Å². The number of anilines is 1. The number of nitrogens with two attached hydrogens (primary N) is 1. The third kappa shape index (κ3) is 2.47. The molecule has 2 aromatic carbocycles. The largest absolute Gasteiger partial charge is 0.398 e. The second kappa shape index (κ2) is 5.51. The Bertz CT molecular complexity index is 734. The third-order valence-electron chi connectivity index (χ3n) is 3.23. The summed E-state index contributed by atoms with van der Waals surface area (Å²) in [5.41, 5.74) is 8.99. The van der Waals surface area contributed by atoms with Crippen molar-refractivity contribution in [2.45, 2.75) is 6.54 Å². The summed E-state index contributed by atoms with van der Waals surface area (Å²) in [6.07, 6.45) is 3.79. The lowest BCUT2D eigenvalue weighted by Crippen LogP contribution is -2.04. The maximum atomic E-state index is 6.01. The molecule has 0 saturated carbocycles. The molecule has 0 unspecified atom stereocenters. The maximum Gasteiger partial charge on any atom is 0.141 e. The Morgan fingerprint density at radius 2 is 1.80 bits per heavy atom. The lowest BCUT2D eigenvalue weighted by molar-refractivity contribution is 0.808. The minimum Gasteiger partial charge on any atom is -0.398 e. The number of nitrogens with zero attached hydrogens (tertiary/aromatic N) is 2. The lowest BCUT2D eigenvalue weighted by Gasteiger charge is -2.11. The van der Waals surface area contributed by atoms with Gasteiger partial charge in [-0.3, -0.25) is 0 Å². The van der Waals surface area contributed by atoms with Crippen LogP contribution in [0.15, 0.2) is 65.4 Å². The van der Waals surface area contributed by atoms with Gasteiger partial charge in [-0.2, -0.15) is 0 Å². The van der Waals surface area contributed by atoms with Crippen LogP contribution in [0.3, 0.4) is 0 Å². The average Bonchev–Trinajstić information content (AvgIpc) is 2.90. The zero-order valence-corrected chi connectivity index (χ0v) is 12.4. The molecule has 0 amide bonds. The van der Waals surface area contributed by atoms with Crippen LogP contribution in [0.25, 0.3) is 11.4 Å². The van der Waals surface area contributed by atoms with Gasteiger partial charge in [0, 0.05) is 28.1 Å². The van der Waals surface area contributed by atoms with Crippen LogP contribution in [-0.2, 0) is 6.54 Å². The molecule has 0 fully saturated rings. The molecule has 0 atom stereocenters. The summed E-state index contributed by atoms with van der Waals surface area (Å²) in [4.78, 5) is 4.47. The second-order valence-electron chi connectivity index (χ2n) is 4.56. The molecule has 0 aliphatic heterocycles. The van der Waals surface area contributed by atoms with Crippen molar-refractivity contribution in [3.63, 3.8) is 0 Å². The van der Waals surface area contributed by atoms with Gasteiger partial charge in [-0.1, -0.05) is 52.3 Å². The van der Waals surface area contributed by atoms with Crippen molar-refractivity contribution in [2.24, 2.45) is 0 Å². The molecule has 0 saturated heterocycles. The van der Waals surface area contributed by atoms with Gasteiger partial charge in [0.1, 0.15) is 5.82 Å². The molecule has 0 spiro atoms. The molecule has 4 heteroatoms. The van der Waals surface area contributed by atoms with Crippen LogP contribution in [0, 0.1) is 0 Å². The number of hydrogen-bond acceptors (Lipinski definition) is 2. The molecular formula is C16H14BrN3. The second-order valence-corrected chi connectivity index (χ2v) is 5.41. The number of imidazole rings is 1. The lowest BCUT2D eigenvalue weighted by atomic mass is 10.1. The summed E-state index contributed by atoms with van der Waals surface area (Å²) < 4.78 is 3.14. The minimum atomic E-state index is 0.712. The molecule has 0 radical (unpaired) electrons. The Morgan fingerprint density at radius 3 is 2.60 bits per heavy atom. The van der Waals surface area contributed by atoms with E-state index in [4.69, 9.17) is 5.73 Å². The smallest absolute Gasteiger partial charge is 0.141 e. The van der Waals surface area contributed by atoms with Crippen LogP contribution in [0.5, 0.6) is 0 Å². The molecule has 2 N–H and O–H groups in total. The van der Waals surface area contributed by atoms with E-state index in [1.807, 2.05) is 54.9 Å². The molecule has 3 rings (SSSR count). The van der Waals surface area contributed by atoms with Gasteiger partial charge in [0.15, 0.2) is 0 Å². The van der Waals surface area contributed by atoms with E-state index in [0.717, 1.165) is 27.1 Å². The van der Waals surface area contributed by atoms with Crippen molar-refractivity contribution in [1.82, 2.24) is 9.55 Å². The summed E-state index contributed by atoms with van der Waals surface area (Å²) >= 11 is 3.57. The topological polar surface area (TPSA) is 43.8 Å². The molecule has 1 aromatic heterocycles. The third-order valence-corrected chi connectivity index (χ3v) is 3.92. The van der Waals surface area contributed by atoms with Gasteiger partial charge in [0.2, 0.25) is 0 Å². The number of nitrogen functional groups attached to an aromatic ring is 1. The highest BCUT2D eigenvalue weighted by Gasteiger charge is 2.10. The first-order valence-electron chi connectivity index (χ1n) is 6.35. The van der Waals surface area contributed by atoms with Crippen LogP contribution in [0.2, 0.25) is 0 Å². The Labute approximate surface area is 126 Å². The normalized spacial score (nSPS) is 10.7. The van der Waals surface area contributed by atoms with Crippen LogP contribution in [0.4, 0.5) is 5.69 Å². The number of halogens is 1. The molecule has 0 bridgehead atoms. The molecule has 20 heavy (non-hydrogen) atoms. The molecule has 1 heterocycles. The summed E-state index contributed by atoms with van der Waals surface area (Å²) in [5, 5.41) is 0. The molecule has 0 aliphatic rings. The number of hydrogen-bond donors (Lipinski definition) is 1. The first-order chi connectivity index (χ1) is 9.75. The zero-order chi connectivity index (χ0) is 13.9. The van der Waals surface area contributed by atoms with Crippen LogP contribution in [-0.4, -0.2) is 9.55 Å². The van der Waals surface area contributed by atoms with E-state index in [9.17, 15) is 0 Å². The molecule has 0 aliphatic carbocycles. The Kier molecular flexibility index (Phi) is 3.56. The van der Waals surface area contributed by atoms with Gasteiger partial charge in [0.05, 0.1) is 6.54 Å². The number of aromatic nitrogens is 2. The van der Waals surface area contributed by atoms with Gasteiger partial charge in [-0.05, 0) is 17.7 Å². The SMILES string of the molecule is Nc1ccccc1Cn1ccnc1-c1ccccc1Br. The fourth-order valence-corrected chi connectivity index (χ4v) is 2.65. The Balaban J connectivity index is 2.00. The van der Waals surface area contributed by atoms with Crippen molar-refractivity contribution in [3.8, 4) is 11.4 Å². The highest BCUT2D eigenvalue weighted by atomic mass is 79.9. The standard InChI is InChI=1S/C16H14BrN3/c17-14-7-3-2-6-13(14)16-19-9-10-20(16)11-12-5-1-4-8-15(12)18/h1-10H,11,18H2. The summed E-state index contributed by atoms with van der Waals surface area (Å²) in [5.74, 6) is 0.931. The summed E-state index contributed by atoms with van der Waals surface area (Å²) in [7, 11) is 0. The summed E-state index contributed by atoms with van der Waals surface area (Å²) in [6.45, 7) is 0.712. The van der Waals surface area contributed by atoms with Gasteiger partial charge in [-0.25, -0.2) is 4.98 Å². The van der Waals surface area contributed by atoms with Gasteiger partial charge < -0.3 is 10.3 Å². The van der Waals surface area contributed by atoms with Crippen molar-refractivity contribution >= 4 is 21.6 Å². The van der Waals surface area contributed by atoms with Gasteiger partial charge >= 0.3 is 0 Å². The van der Waals surface area contributed by atoms with E-state index >= 15 is 0 Å². The highest BCUT2D eigenvalue weighted by Crippen LogP contribution is 2.27. The summed E-state index contributed by atoms with van der Waals surface area (Å²) in [6, 6.07) is 16.0. The fourth-order valence-electron chi connectivity index (χ4n) is 2.19. The van der Waals surface area contributed by atoms with Crippen molar-refractivity contribution in [3.05, 3.63) is 71.0 Å².